The van der Waals surface area contributed by atoms with Gasteiger partial charge in [-0.15, -0.1) is 11.3 Å². The Labute approximate surface area is 141 Å². The van der Waals surface area contributed by atoms with E-state index in [2.05, 4.69) is 37.6 Å². The second-order valence-corrected chi connectivity index (χ2v) is 8.62. The number of rotatable bonds is 6. The second-order valence-electron chi connectivity index (χ2n) is 7.53. The van der Waals surface area contributed by atoms with E-state index in [-0.39, 0.29) is 5.56 Å². The maximum absolute atomic E-state index is 12.5. The Hall–Kier alpha value is -1.20. The minimum absolute atomic E-state index is 0.0541. The second kappa shape index (κ2) is 6.73. The van der Waals surface area contributed by atoms with Crippen LogP contribution < -0.4 is 5.56 Å². The van der Waals surface area contributed by atoms with Crippen LogP contribution in [0.4, 0.5) is 0 Å². The number of nitrogens with zero attached hydrogens (tertiary/aromatic N) is 2. The van der Waals surface area contributed by atoms with Crippen molar-refractivity contribution < 1.29 is 0 Å². The van der Waals surface area contributed by atoms with E-state index in [0.717, 1.165) is 48.5 Å². The number of hydrogen-bond donors (Lipinski definition) is 1. The van der Waals surface area contributed by atoms with Crippen LogP contribution in [0.1, 0.15) is 50.4 Å². The van der Waals surface area contributed by atoms with Crippen LogP contribution in [-0.4, -0.2) is 28.0 Å². The minimum atomic E-state index is 0.0541. The molecule has 3 rings (SSSR count). The first-order valence-electron chi connectivity index (χ1n) is 8.69. The average Bonchev–Trinajstić information content (AvgIpc) is 2.96. The molecule has 1 N–H and O–H groups in total. The van der Waals surface area contributed by atoms with Gasteiger partial charge in [-0.25, -0.2) is 4.98 Å². The van der Waals surface area contributed by atoms with E-state index in [1.54, 1.807) is 11.3 Å². The summed E-state index contributed by atoms with van der Waals surface area (Å²) in [6.07, 6.45) is 3.32. The molecule has 1 aliphatic carbocycles. The Bertz CT molecular complexity index is 735. The number of fused-ring (bicyclic) bond motifs is 3. The Kier molecular flexibility index (Phi) is 4.87. The van der Waals surface area contributed by atoms with E-state index in [1.807, 2.05) is 0 Å². The summed E-state index contributed by atoms with van der Waals surface area (Å²) < 4.78 is 0. The predicted molar refractivity (Wildman–Crippen MR) is 97.2 cm³/mol. The standard InChI is InChI=1S/C18H27N3OS/c1-11(2)8-21(9-12(3)4)10-15-19-17(22)16-13-6-5-7-14(13)23-18(16)20-15/h11-12H,5-10H2,1-4H3,(H,19,20,22). The molecule has 0 aliphatic heterocycles. The van der Waals surface area contributed by atoms with Crippen molar-refractivity contribution in [1.29, 1.82) is 0 Å². The largest absolute Gasteiger partial charge is 0.309 e. The van der Waals surface area contributed by atoms with Gasteiger partial charge in [0.15, 0.2) is 0 Å². The molecule has 0 saturated carbocycles. The number of thiophene rings is 1. The normalized spacial score (nSPS) is 14.6. The molecule has 0 aromatic carbocycles. The van der Waals surface area contributed by atoms with Crippen molar-refractivity contribution in [1.82, 2.24) is 14.9 Å². The number of H-pyrrole nitrogens is 1. The molecular weight excluding hydrogens is 306 g/mol. The molecule has 2 aromatic rings. The van der Waals surface area contributed by atoms with E-state index in [1.165, 1.54) is 16.9 Å². The lowest BCUT2D eigenvalue weighted by molar-refractivity contribution is 0.207. The maximum Gasteiger partial charge on any atom is 0.259 e. The molecule has 2 aromatic heterocycles. The molecule has 5 heteroatoms. The molecule has 23 heavy (non-hydrogen) atoms. The van der Waals surface area contributed by atoms with Crippen LogP contribution in [0.3, 0.4) is 0 Å². The summed E-state index contributed by atoms with van der Waals surface area (Å²) in [5, 5.41) is 0.852. The van der Waals surface area contributed by atoms with Crippen LogP contribution >= 0.6 is 11.3 Å². The molecule has 0 saturated heterocycles. The van der Waals surface area contributed by atoms with Gasteiger partial charge in [-0.1, -0.05) is 27.7 Å². The number of aryl methyl sites for hydroxylation is 2. The van der Waals surface area contributed by atoms with Crippen molar-refractivity contribution >= 4 is 21.6 Å². The number of aromatic amines is 1. The predicted octanol–water partition coefficient (Wildman–Crippen LogP) is 3.59. The van der Waals surface area contributed by atoms with E-state index in [0.29, 0.717) is 11.8 Å². The van der Waals surface area contributed by atoms with Gasteiger partial charge < -0.3 is 4.98 Å². The van der Waals surface area contributed by atoms with E-state index in [9.17, 15) is 4.79 Å². The molecule has 126 valence electrons. The number of hydrogen-bond acceptors (Lipinski definition) is 4. The molecule has 0 radical (unpaired) electrons. The van der Waals surface area contributed by atoms with Crippen LogP contribution in [0, 0.1) is 11.8 Å². The molecule has 0 bridgehead atoms. The van der Waals surface area contributed by atoms with Crippen molar-refractivity contribution in [3.63, 3.8) is 0 Å². The Morgan fingerprint density at radius 3 is 2.52 bits per heavy atom. The zero-order valence-electron chi connectivity index (χ0n) is 14.6. The highest BCUT2D eigenvalue weighted by atomic mass is 32.1. The maximum atomic E-state index is 12.5. The third-order valence-corrected chi connectivity index (χ3v) is 5.43. The van der Waals surface area contributed by atoms with Crippen molar-refractivity contribution in [2.75, 3.05) is 13.1 Å². The van der Waals surface area contributed by atoms with E-state index in [4.69, 9.17) is 4.98 Å². The quantitative estimate of drug-likeness (QED) is 0.879. The molecule has 0 fully saturated rings. The topological polar surface area (TPSA) is 49.0 Å². The molecule has 2 heterocycles. The zero-order chi connectivity index (χ0) is 16.6. The minimum Gasteiger partial charge on any atom is -0.309 e. The van der Waals surface area contributed by atoms with Gasteiger partial charge in [0.1, 0.15) is 10.7 Å². The highest BCUT2D eigenvalue weighted by Crippen LogP contribution is 2.34. The third kappa shape index (κ3) is 3.66. The van der Waals surface area contributed by atoms with Gasteiger partial charge in [0.05, 0.1) is 11.9 Å². The smallest absolute Gasteiger partial charge is 0.259 e. The SMILES string of the molecule is CC(C)CN(Cc1nc2sc3c(c2c(=O)[nH]1)CCC3)CC(C)C. The first-order chi connectivity index (χ1) is 10.9. The van der Waals surface area contributed by atoms with Crippen molar-refractivity contribution in [2.45, 2.75) is 53.5 Å². The summed E-state index contributed by atoms with van der Waals surface area (Å²) >= 11 is 1.72. The average molecular weight is 334 g/mol. The summed E-state index contributed by atoms with van der Waals surface area (Å²) in [6.45, 7) is 11.7. The molecule has 0 spiro atoms. The Balaban J connectivity index is 1.89. The summed E-state index contributed by atoms with van der Waals surface area (Å²) in [6, 6.07) is 0. The van der Waals surface area contributed by atoms with Gasteiger partial charge in [-0.3, -0.25) is 9.69 Å². The van der Waals surface area contributed by atoms with Crippen molar-refractivity contribution in [2.24, 2.45) is 11.8 Å². The van der Waals surface area contributed by atoms with Crippen LogP contribution in [0.25, 0.3) is 10.2 Å². The van der Waals surface area contributed by atoms with Crippen LogP contribution in [0.2, 0.25) is 0 Å². The first-order valence-corrected chi connectivity index (χ1v) is 9.51. The molecule has 0 amide bonds. The van der Waals surface area contributed by atoms with Crippen molar-refractivity contribution in [3.8, 4) is 0 Å². The van der Waals surface area contributed by atoms with Crippen molar-refractivity contribution in [3.05, 3.63) is 26.6 Å². The molecule has 0 atom stereocenters. The van der Waals surface area contributed by atoms with E-state index >= 15 is 0 Å². The van der Waals surface area contributed by atoms with Gasteiger partial charge in [0.25, 0.3) is 5.56 Å². The molecule has 0 unspecified atom stereocenters. The number of aromatic nitrogens is 2. The van der Waals surface area contributed by atoms with Gasteiger partial charge in [0, 0.05) is 18.0 Å². The molecule has 4 nitrogen and oxygen atoms in total. The summed E-state index contributed by atoms with van der Waals surface area (Å²) in [5.74, 6) is 2.02. The highest BCUT2D eigenvalue weighted by molar-refractivity contribution is 7.18. The first kappa shape index (κ1) is 16.7. The number of nitrogens with one attached hydrogen (secondary N) is 1. The lowest BCUT2D eigenvalue weighted by Crippen LogP contribution is -2.32. The van der Waals surface area contributed by atoms with Gasteiger partial charge in [0.2, 0.25) is 0 Å². The Morgan fingerprint density at radius 1 is 1.17 bits per heavy atom. The van der Waals surface area contributed by atoms with Gasteiger partial charge >= 0.3 is 0 Å². The van der Waals surface area contributed by atoms with Gasteiger partial charge in [-0.2, -0.15) is 0 Å². The Morgan fingerprint density at radius 2 is 1.87 bits per heavy atom. The van der Waals surface area contributed by atoms with Crippen LogP contribution in [0.15, 0.2) is 4.79 Å². The third-order valence-electron chi connectivity index (χ3n) is 4.24. The lowest BCUT2D eigenvalue weighted by atomic mass is 10.1. The molecule has 1 aliphatic rings. The zero-order valence-corrected chi connectivity index (χ0v) is 15.4. The lowest BCUT2D eigenvalue weighted by Gasteiger charge is -2.25. The highest BCUT2D eigenvalue weighted by Gasteiger charge is 2.21. The fraction of sp³-hybridized carbons (Fsp3) is 0.667. The summed E-state index contributed by atoms with van der Waals surface area (Å²) in [4.78, 5) is 25.1. The monoisotopic (exact) mass is 333 g/mol. The van der Waals surface area contributed by atoms with Crippen LogP contribution in [0.5, 0.6) is 0 Å². The van der Waals surface area contributed by atoms with Crippen LogP contribution in [-0.2, 0) is 19.4 Å². The van der Waals surface area contributed by atoms with E-state index < -0.39 is 0 Å². The fourth-order valence-electron chi connectivity index (χ4n) is 3.57. The summed E-state index contributed by atoms with van der Waals surface area (Å²) in [7, 11) is 0. The summed E-state index contributed by atoms with van der Waals surface area (Å²) in [5.41, 5.74) is 1.31. The molecular formula is C18H27N3OS. The van der Waals surface area contributed by atoms with Gasteiger partial charge in [-0.05, 0) is 36.7 Å². The fourth-order valence-corrected chi connectivity index (χ4v) is 4.85.